The van der Waals surface area contributed by atoms with E-state index in [-0.39, 0.29) is 6.61 Å². The first-order valence-electron chi connectivity index (χ1n) is 8.78. The molecule has 11 heteroatoms. The Morgan fingerprint density at radius 3 is 2.25 bits per heavy atom. The molecule has 3 aromatic rings. The zero-order chi connectivity index (χ0) is 23.4. The largest absolute Gasteiger partial charge is 0.496 e. The summed E-state index contributed by atoms with van der Waals surface area (Å²) in [5.74, 6) is -5.47. The van der Waals surface area contributed by atoms with Crippen LogP contribution in [0.15, 0.2) is 46.0 Å². The molecule has 0 unspecified atom stereocenters. The van der Waals surface area contributed by atoms with Crippen LogP contribution in [-0.2, 0) is 6.61 Å². The Morgan fingerprint density at radius 2 is 1.62 bits per heavy atom. The molecule has 3 aromatic carbocycles. The Hall–Kier alpha value is -2.49. The fourth-order valence-electron chi connectivity index (χ4n) is 2.61. The SMILES string of the molecule is COc1ccc(C=NNc2c(F)c(F)c(Br)c(F)c2F)cc1COc1ccc(Cl)cc1Cl. The molecule has 0 aliphatic carbocycles. The number of ether oxygens (including phenoxy) is 2. The molecule has 168 valence electrons. The Balaban J connectivity index is 1.79. The Labute approximate surface area is 198 Å². The number of anilines is 1. The third kappa shape index (κ3) is 5.28. The molecular formula is C21H13BrCl2F4N2O2. The summed E-state index contributed by atoms with van der Waals surface area (Å²) in [4.78, 5) is 0. The van der Waals surface area contributed by atoms with Crippen molar-refractivity contribution in [2.24, 2.45) is 5.10 Å². The maximum absolute atomic E-state index is 13.9. The summed E-state index contributed by atoms with van der Waals surface area (Å²) in [5.41, 5.74) is 2.02. The highest BCUT2D eigenvalue weighted by Crippen LogP contribution is 2.32. The molecule has 0 aromatic heterocycles. The first-order valence-corrected chi connectivity index (χ1v) is 10.3. The number of halogens is 7. The molecule has 0 saturated carbocycles. The van der Waals surface area contributed by atoms with Gasteiger partial charge in [0.2, 0.25) is 0 Å². The third-order valence-corrected chi connectivity index (χ3v) is 5.41. The van der Waals surface area contributed by atoms with E-state index in [1.165, 1.54) is 19.4 Å². The van der Waals surface area contributed by atoms with Gasteiger partial charge in [0.15, 0.2) is 23.3 Å². The van der Waals surface area contributed by atoms with Crippen LogP contribution in [0.4, 0.5) is 23.2 Å². The molecule has 0 radical (unpaired) electrons. The molecule has 1 N–H and O–H groups in total. The summed E-state index contributed by atoms with van der Waals surface area (Å²) < 4.78 is 65.1. The number of hydrazone groups is 1. The molecule has 0 bridgehead atoms. The van der Waals surface area contributed by atoms with Crippen LogP contribution in [0.1, 0.15) is 11.1 Å². The van der Waals surface area contributed by atoms with Gasteiger partial charge in [0.25, 0.3) is 0 Å². The van der Waals surface area contributed by atoms with E-state index in [4.69, 9.17) is 32.7 Å². The molecule has 0 heterocycles. The number of hydrogen-bond donors (Lipinski definition) is 1. The topological polar surface area (TPSA) is 42.8 Å². The molecule has 3 rings (SSSR count). The molecule has 0 aliphatic rings. The van der Waals surface area contributed by atoms with Gasteiger partial charge in [-0.3, -0.25) is 5.43 Å². The van der Waals surface area contributed by atoms with Gasteiger partial charge in [-0.25, -0.2) is 17.6 Å². The lowest BCUT2D eigenvalue weighted by molar-refractivity contribution is 0.297. The molecule has 0 aliphatic heterocycles. The number of rotatable bonds is 7. The molecule has 0 fully saturated rings. The normalized spacial score (nSPS) is 11.1. The van der Waals surface area contributed by atoms with Crippen molar-refractivity contribution in [2.45, 2.75) is 6.61 Å². The van der Waals surface area contributed by atoms with Crippen molar-refractivity contribution in [1.29, 1.82) is 0 Å². The molecule has 0 saturated heterocycles. The second-order valence-electron chi connectivity index (χ2n) is 6.25. The average molecular weight is 552 g/mol. The first-order chi connectivity index (χ1) is 15.2. The van der Waals surface area contributed by atoms with Gasteiger partial charge >= 0.3 is 0 Å². The van der Waals surface area contributed by atoms with E-state index in [1.807, 2.05) is 5.43 Å². The summed E-state index contributed by atoms with van der Waals surface area (Å²) in [6, 6.07) is 9.66. The van der Waals surface area contributed by atoms with E-state index in [1.54, 1.807) is 30.3 Å². The van der Waals surface area contributed by atoms with Crippen molar-refractivity contribution >= 4 is 51.0 Å². The van der Waals surface area contributed by atoms with Crippen LogP contribution >= 0.6 is 39.1 Å². The fraction of sp³-hybridized carbons (Fsp3) is 0.0952. The number of benzene rings is 3. The molecular weight excluding hydrogens is 539 g/mol. The Morgan fingerprint density at radius 1 is 0.969 bits per heavy atom. The lowest BCUT2D eigenvalue weighted by Crippen LogP contribution is -2.04. The molecule has 0 atom stereocenters. The molecule has 0 amide bonds. The Kier molecular flexibility index (Phi) is 7.86. The van der Waals surface area contributed by atoms with E-state index < -0.39 is 33.4 Å². The van der Waals surface area contributed by atoms with Crippen molar-refractivity contribution in [2.75, 3.05) is 12.5 Å². The lowest BCUT2D eigenvalue weighted by atomic mass is 10.1. The summed E-state index contributed by atoms with van der Waals surface area (Å²) in [5, 5.41) is 4.46. The lowest BCUT2D eigenvalue weighted by Gasteiger charge is -2.12. The zero-order valence-corrected chi connectivity index (χ0v) is 19.3. The van der Waals surface area contributed by atoms with Crippen LogP contribution < -0.4 is 14.9 Å². The van der Waals surface area contributed by atoms with Gasteiger partial charge < -0.3 is 9.47 Å². The molecule has 4 nitrogen and oxygen atoms in total. The second-order valence-corrected chi connectivity index (χ2v) is 7.89. The van der Waals surface area contributed by atoms with Gasteiger partial charge in [0.1, 0.15) is 23.8 Å². The van der Waals surface area contributed by atoms with Gasteiger partial charge in [-0.1, -0.05) is 23.2 Å². The fourth-order valence-corrected chi connectivity index (χ4v) is 3.42. The summed E-state index contributed by atoms with van der Waals surface area (Å²) in [6.07, 6.45) is 1.20. The van der Waals surface area contributed by atoms with Gasteiger partial charge in [0, 0.05) is 10.6 Å². The second kappa shape index (κ2) is 10.4. The van der Waals surface area contributed by atoms with Crippen LogP contribution in [0.5, 0.6) is 11.5 Å². The minimum absolute atomic E-state index is 0.0754. The van der Waals surface area contributed by atoms with Gasteiger partial charge in [-0.15, -0.1) is 0 Å². The highest BCUT2D eigenvalue weighted by molar-refractivity contribution is 9.10. The highest BCUT2D eigenvalue weighted by atomic mass is 79.9. The first kappa shape index (κ1) is 24.2. The summed E-state index contributed by atoms with van der Waals surface area (Å²) >= 11 is 14.4. The van der Waals surface area contributed by atoms with E-state index in [2.05, 4.69) is 21.0 Å². The smallest absolute Gasteiger partial charge is 0.188 e. The number of nitrogens with one attached hydrogen (secondary N) is 1. The summed E-state index contributed by atoms with van der Waals surface area (Å²) in [6.45, 7) is 0.0754. The predicted molar refractivity (Wildman–Crippen MR) is 119 cm³/mol. The van der Waals surface area contributed by atoms with Crippen LogP contribution in [0, 0.1) is 23.3 Å². The van der Waals surface area contributed by atoms with Crippen molar-refractivity contribution in [3.8, 4) is 11.5 Å². The van der Waals surface area contributed by atoms with E-state index in [0.29, 0.717) is 32.7 Å². The van der Waals surface area contributed by atoms with E-state index in [9.17, 15) is 17.6 Å². The van der Waals surface area contributed by atoms with Crippen molar-refractivity contribution in [1.82, 2.24) is 0 Å². The zero-order valence-electron chi connectivity index (χ0n) is 16.2. The third-order valence-electron chi connectivity index (χ3n) is 4.18. The van der Waals surface area contributed by atoms with E-state index >= 15 is 0 Å². The minimum atomic E-state index is -1.61. The van der Waals surface area contributed by atoms with Crippen LogP contribution in [0.3, 0.4) is 0 Å². The van der Waals surface area contributed by atoms with Gasteiger partial charge in [-0.2, -0.15) is 5.10 Å². The number of methoxy groups -OCH3 is 1. The van der Waals surface area contributed by atoms with Crippen molar-refractivity contribution in [3.05, 3.63) is 85.3 Å². The van der Waals surface area contributed by atoms with Gasteiger partial charge in [0.05, 0.1) is 22.8 Å². The van der Waals surface area contributed by atoms with Crippen molar-refractivity contribution in [3.63, 3.8) is 0 Å². The number of nitrogens with zero attached hydrogens (tertiary/aromatic N) is 1. The standard InChI is InChI=1S/C21H13BrCl2F4N2O2/c1-31-14-4-2-10(6-11(14)9-32-15-5-3-12(23)7-13(15)24)8-29-30-21-19(27)17(25)16(22)18(26)20(21)28/h2-8,30H,9H2,1H3. The Bertz CT molecular complexity index is 1170. The monoisotopic (exact) mass is 550 g/mol. The van der Waals surface area contributed by atoms with Crippen LogP contribution in [0.2, 0.25) is 10.0 Å². The number of hydrogen-bond acceptors (Lipinski definition) is 4. The van der Waals surface area contributed by atoms with Crippen LogP contribution in [-0.4, -0.2) is 13.3 Å². The van der Waals surface area contributed by atoms with E-state index in [0.717, 1.165) is 0 Å². The van der Waals surface area contributed by atoms with Gasteiger partial charge in [-0.05, 0) is 57.9 Å². The van der Waals surface area contributed by atoms with Crippen LogP contribution in [0.25, 0.3) is 0 Å². The van der Waals surface area contributed by atoms with Crippen molar-refractivity contribution < 1.29 is 27.0 Å². The maximum atomic E-state index is 13.9. The minimum Gasteiger partial charge on any atom is -0.496 e. The predicted octanol–water partition coefficient (Wildman–Crippen LogP) is 7.35. The summed E-state index contributed by atoms with van der Waals surface area (Å²) in [7, 11) is 1.48. The molecule has 0 spiro atoms. The average Bonchev–Trinajstić information content (AvgIpc) is 2.78. The highest BCUT2D eigenvalue weighted by Gasteiger charge is 2.23. The maximum Gasteiger partial charge on any atom is 0.188 e. The molecule has 32 heavy (non-hydrogen) atoms. The quantitative estimate of drug-likeness (QED) is 0.110.